The Morgan fingerprint density at radius 3 is 2.52 bits per heavy atom. The fraction of sp³-hybridized carbons (Fsp3) is 0.474. The molecule has 2 atom stereocenters. The van der Waals surface area contributed by atoms with Crippen molar-refractivity contribution < 1.29 is 24.3 Å². The van der Waals surface area contributed by atoms with Crippen LogP contribution in [0.15, 0.2) is 18.2 Å². The van der Waals surface area contributed by atoms with Gasteiger partial charge in [-0.05, 0) is 31.4 Å². The van der Waals surface area contributed by atoms with E-state index in [4.69, 9.17) is 0 Å². The molecule has 2 unspecified atom stereocenters. The number of hydrogen-bond acceptors (Lipinski definition) is 6. The van der Waals surface area contributed by atoms with Gasteiger partial charge in [0.1, 0.15) is 12.3 Å². The number of benzene rings is 1. The standard InChI is InChI=1S/C19H21N3O5/c23-10-11-6-8-21(9-7-11)13-3-1-2-12-16(13)19(27)22(18(12)26)14-4-5-15(24)20-17(14)25/h1-3,10-11,14,19,27H,4-9H2,(H,20,24,25). The number of aldehydes is 1. The maximum absolute atomic E-state index is 12.9. The predicted octanol–water partition coefficient (Wildman–Crippen LogP) is 0.354. The number of aliphatic hydroxyl groups is 1. The molecule has 142 valence electrons. The number of hydrogen-bond donors (Lipinski definition) is 2. The van der Waals surface area contributed by atoms with Crippen LogP contribution in [0.5, 0.6) is 0 Å². The van der Waals surface area contributed by atoms with Crippen molar-refractivity contribution in [3.05, 3.63) is 29.3 Å². The van der Waals surface area contributed by atoms with Crippen molar-refractivity contribution in [3.8, 4) is 0 Å². The smallest absolute Gasteiger partial charge is 0.257 e. The van der Waals surface area contributed by atoms with Gasteiger partial charge >= 0.3 is 0 Å². The highest BCUT2D eigenvalue weighted by Crippen LogP contribution is 2.41. The first-order valence-electron chi connectivity index (χ1n) is 9.19. The average Bonchev–Trinajstić information content (AvgIpc) is 2.93. The second-order valence-electron chi connectivity index (χ2n) is 7.25. The number of nitrogens with one attached hydrogen (secondary N) is 1. The molecule has 3 aliphatic rings. The van der Waals surface area contributed by atoms with Gasteiger partial charge in [-0.2, -0.15) is 0 Å². The largest absolute Gasteiger partial charge is 0.371 e. The van der Waals surface area contributed by atoms with Crippen LogP contribution in [-0.2, 0) is 14.4 Å². The minimum absolute atomic E-state index is 0.0459. The van der Waals surface area contributed by atoms with Crippen LogP contribution in [0.25, 0.3) is 0 Å². The van der Waals surface area contributed by atoms with Crippen LogP contribution in [0.4, 0.5) is 5.69 Å². The Bertz CT molecular complexity index is 816. The lowest BCUT2D eigenvalue weighted by molar-refractivity contribution is -0.139. The van der Waals surface area contributed by atoms with E-state index in [0.29, 0.717) is 24.2 Å². The number of nitrogens with zero attached hydrogens (tertiary/aromatic N) is 2. The van der Waals surface area contributed by atoms with E-state index in [0.717, 1.165) is 24.8 Å². The van der Waals surface area contributed by atoms with Gasteiger partial charge in [0.25, 0.3) is 5.91 Å². The Morgan fingerprint density at radius 2 is 1.85 bits per heavy atom. The molecule has 3 amide bonds. The number of imide groups is 1. The third-order valence-electron chi connectivity index (χ3n) is 5.69. The summed E-state index contributed by atoms with van der Waals surface area (Å²) in [7, 11) is 0. The first kappa shape index (κ1) is 17.7. The number of rotatable bonds is 3. The van der Waals surface area contributed by atoms with Crippen molar-refractivity contribution in [2.75, 3.05) is 18.0 Å². The van der Waals surface area contributed by atoms with Gasteiger partial charge in [-0.3, -0.25) is 24.6 Å². The molecule has 8 heteroatoms. The average molecular weight is 371 g/mol. The van der Waals surface area contributed by atoms with Crippen LogP contribution in [0, 0.1) is 5.92 Å². The predicted molar refractivity (Wildman–Crippen MR) is 94.7 cm³/mol. The van der Waals surface area contributed by atoms with Crippen molar-refractivity contribution in [1.29, 1.82) is 0 Å². The van der Waals surface area contributed by atoms with Crippen molar-refractivity contribution in [1.82, 2.24) is 10.2 Å². The van der Waals surface area contributed by atoms with E-state index >= 15 is 0 Å². The summed E-state index contributed by atoms with van der Waals surface area (Å²) < 4.78 is 0. The van der Waals surface area contributed by atoms with Gasteiger partial charge in [0, 0.05) is 42.2 Å². The van der Waals surface area contributed by atoms with E-state index < -0.39 is 24.1 Å². The van der Waals surface area contributed by atoms with Crippen molar-refractivity contribution in [2.45, 2.75) is 38.0 Å². The molecule has 1 aromatic rings. The quantitative estimate of drug-likeness (QED) is 0.587. The third-order valence-corrected chi connectivity index (χ3v) is 5.69. The number of amides is 3. The van der Waals surface area contributed by atoms with Crippen molar-refractivity contribution in [2.24, 2.45) is 5.92 Å². The maximum atomic E-state index is 12.9. The highest BCUT2D eigenvalue weighted by molar-refractivity contribution is 6.06. The highest BCUT2D eigenvalue weighted by Gasteiger charge is 2.45. The molecule has 3 aliphatic heterocycles. The molecule has 0 spiro atoms. The van der Waals surface area contributed by atoms with Crippen LogP contribution < -0.4 is 10.2 Å². The topological polar surface area (TPSA) is 107 Å². The molecule has 3 heterocycles. The van der Waals surface area contributed by atoms with E-state index in [1.165, 1.54) is 4.90 Å². The van der Waals surface area contributed by atoms with E-state index in [-0.39, 0.29) is 24.7 Å². The lowest BCUT2D eigenvalue weighted by Crippen LogP contribution is -2.53. The highest BCUT2D eigenvalue weighted by atomic mass is 16.3. The van der Waals surface area contributed by atoms with Gasteiger partial charge in [0.2, 0.25) is 11.8 Å². The fourth-order valence-corrected chi connectivity index (χ4v) is 4.21. The van der Waals surface area contributed by atoms with E-state index in [2.05, 4.69) is 10.2 Å². The van der Waals surface area contributed by atoms with Crippen LogP contribution >= 0.6 is 0 Å². The SMILES string of the molecule is O=CC1CCN(c2cccc3c2C(O)N(C2CCC(=O)NC2=O)C3=O)CC1. The molecular weight excluding hydrogens is 350 g/mol. The van der Waals surface area contributed by atoms with Gasteiger partial charge < -0.3 is 14.8 Å². The molecular formula is C19H21N3O5. The van der Waals surface area contributed by atoms with Gasteiger partial charge in [-0.1, -0.05) is 6.07 Å². The summed E-state index contributed by atoms with van der Waals surface area (Å²) >= 11 is 0. The van der Waals surface area contributed by atoms with Gasteiger partial charge in [0.05, 0.1) is 0 Å². The van der Waals surface area contributed by atoms with Crippen LogP contribution in [0.1, 0.15) is 47.8 Å². The number of carbonyl (C=O) groups excluding carboxylic acids is 4. The summed E-state index contributed by atoms with van der Waals surface area (Å²) in [5.74, 6) is -1.28. The molecule has 0 aromatic heterocycles. The molecule has 2 saturated heterocycles. The number of fused-ring (bicyclic) bond motifs is 1. The second-order valence-corrected chi connectivity index (χ2v) is 7.25. The fourth-order valence-electron chi connectivity index (χ4n) is 4.21. The lowest BCUT2D eigenvalue weighted by atomic mass is 9.96. The molecule has 4 rings (SSSR count). The molecule has 8 nitrogen and oxygen atoms in total. The van der Waals surface area contributed by atoms with E-state index in [9.17, 15) is 24.3 Å². The minimum atomic E-state index is -1.24. The minimum Gasteiger partial charge on any atom is -0.371 e. The normalized spacial score (nSPS) is 26.2. The Balaban J connectivity index is 1.64. The molecule has 0 bridgehead atoms. The number of carbonyl (C=O) groups is 4. The van der Waals surface area contributed by atoms with Crippen molar-refractivity contribution in [3.63, 3.8) is 0 Å². The van der Waals surface area contributed by atoms with Crippen molar-refractivity contribution >= 4 is 29.7 Å². The number of piperidine rings is 2. The molecule has 27 heavy (non-hydrogen) atoms. The van der Waals surface area contributed by atoms with Gasteiger partial charge in [-0.15, -0.1) is 0 Å². The lowest BCUT2D eigenvalue weighted by Gasteiger charge is -2.35. The Labute approximate surface area is 156 Å². The van der Waals surface area contributed by atoms with E-state index in [1.807, 2.05) is 6.07 Å². The Kier molecular flexibility index (Phi) is 4.43. The van der Waals surface area contributed by atoms with E-state index in [1.54, 1.807) is 12.1 Å². The monoisotopic (exact) mass is 371 g/mol. The summed E-state index contributed by atoms with van der Waals surface area (Å²) in [6.07, 6.45) is 1.53. The summed E-state index contributed by atoms with van der Waals surface area (Å²) in [6.45, 7) is 1.33. The Morgan fingerprint density at radius 1 is 1.11 bits per heavy atom. The first-order valence-corrected chi connectivity index (χ1v) is 9.19. The molecule has 2 N–H and O–H groups in total. The van der Waals surface area contributed by atoms with Gasteiger partial charge in [0.15, 0.2) is 6.23 Å². The molecule has 2 fully saturated rings. The second kappa shape index (κ2) is 6.77. The van der Waals surface area contributed by atoms with Crippen LogP contribution in [0.3, 0.4) is 0 Å². The summed E-state index contributed by atoms with van der Waals surface area (Å²) in [4.78, 5) is 50.7. The molecule has 0 radical (unpaired) electrons. The molecule has 0 aliphatic carbocycles. The summed E-state index contributed by atoms with van der Waals surface area (Å²) in [5.41, 5.74) is 1.63. The van der Waals surface area contributed by atoms with Crippen LogP contribution in [-0.4, -0.2) is 53.1 Å². The number of aliphatic hydroxyl groups excluding tert-OH is 1. The third kappa shape index (κ3) is 2.90. The maximum Gasteiger partial charge on any atom is 0.257 e. The summed E-state index contributed by atoms with van der Waals surface area (Å²) in [5, 5.41) is 13.2. The first-order chi connectivity index (χ1) is 13.0. The van der Waals surface area contributed by atoms with Crippen LogP contribution in [0.2, 0.25) is 0 Å². The number of anilines is 1. The molecule has 0 saturated carbocycles. The summed E-state index contributed by atoms with van der Waals surface area (Å²) in [6, 6.07) is 4.39. The Hall–Kier alpha value is -2.74. The zero-order valence-corrected chi connectivity index (χ0v) is 14.8. The molecule has 1 aromatic carbocycles. The zero-order valence-electron chi connectivity index (χ0n) is 14.8. The zero-order chi connectivity index (χ0) is 19.1. The van der Waals surface area contributed by atoms with Gasteiger partial charge in [-0.25, -0.2) is 0 Å².